The molecule has 0 fully saturated rings. The molecule has 0 radical (unpaired) electrons. The fourth-order valence-corrected chi connectivity index (χ4v) is 2.49. The molecule has 0 aliphatic carbocycles. The van der Waals surface area contributed by atoms with Gasteiger partial charge in [-0.15, -0.1) is 0 Å². The normalized spacial score (nSPS) is 13.3. The number of aliphatic hydroxyl groups is 1. The maximum atomic E-state index is 10.3. The summed E-state index contributed by atoms with van der Waals surface area (Å²) >= 11 is 0. The molecule has 24 heavy (non-hydrogen) atoms. The van der Waals surface area contributed by atoms with Crippen LogP contribution < -0.4 is 10.1 Å². The van der Waals surface area contributed by atoms with Gasteiger partial charge < -0.3 is 20.3 Å². The van der Waals surface area contributed by atoms with Crippen LogP contribution in [-0.2, 0) is 6.42 Å². The van der Waals surface area contributed by atoms with Gasteiger partial charge in [0.1, 0.15) is 17.2 Å². The first kappa shape index (κ1) is 18.0. The Morgan fingerprint density at radius 1 is 1.21 bits per heavy atom. The van der Waals surface area contributed by atoms with Crippen LogP contribution in [0, 0.1) is 0 Å². The zero-order valence-electron chi connectivity index (χ0n) is 14.1. The van der Waals surface area contributed by atoms with Crippen LogP contribution in [0.25, 0.3) is 0 Å². The third kappa shape index (κ3) is 4.81. The zero-order valence-corrected chi connectivity index (χ0v) is 14.1. The number of nitrogens with zero attached hydrogens (tertiary/aromatic N) is 1. The predicted octanol–water partition coefficient (Wildman–Crippen LogP) is 2.99. The van der Waals surface area contributed by atoms with Crippen LogP contribution in [0.3, 0.4) is 0 Å². The topological polar surface area (TPSA) is 74.1 Å². The number of phenols is 1. The number of benzene rings is 2. The number of phenolic OH excluding ortho intramolecular Hbond substituents is 1. The SMILES string of the molecule is C=Nc1cc([C@@H](O)CN[C@H](C)Cc2ccc(OC)cc2)ccc1O. The summed E-state index contributed by atoms with van der Waals surface area (Å²) in [6.07, 6.45) is 0.176. The van der Waals surface area contributed by atoms with Crippen molar-refractivity contribution in [2.45, 2.75) is 25.5 Å². The van der Waals surface area contributed by atoms with Crippen LogP contribution in [0.5, 0.6) is 11.5 Å². The lowest BCUT2D eigenvalue weighted by Gasteiger charge is -2.18. The molecule has 0 spiro atoms. The lowest BCUT2D eigenvalue weighted by molar-refractivity contribution is 0.170. The maximum Gasteiger partial charge on any atom is 0.141 e. The summed E-state index contributed by atoms with van der Waals surface area (Å²) in [5.74, 6) is 0.899. The molecule has 2 rings (SSSR count). The molecule has 0 aliphatic rings. The Balaban J connectivity index is 1.88. The Kier molecular flexibility index (Phi) is 6.35. The Morgan fingerprint density at radius 2 is 1.92 bits per heavy atom. The predicted molar refractivity (Wildman–Crippen MR) is 96.4 cm³/mol. The molecule has 128 valence electrons. The van der Waals surface area contributed by atoms with E-state index >= 15 is 0 Å². The van der Waals surface area contributed by atoms with Crippen LogP contribution in [0.1, 0.15) is 24.2 Å². The Labute approximate surface area is 142 Å². The summed E-state index contributed by atoms with van der Waals surface area (Å²) in [4.78, 5) is 3.74. The molecule has 3 N–H and O–H groups in total. The molecule has 2 aromatic rings. The molecule has 0 saturated carbocycles. The third-order valence-corrected chi connectivity index (χ3v) is 3.92. The van der Waals surface area contributed by atoms with Crippen LogP contribution in [0.2, 0.25) is 0 Å². The molecule has 2 aromatic carbocycles. The number of aliphatic imine (C=N–C) groups is 1. The van der Waals surface area contributed by atoms with Crippen LogP contribution in [0.15, 0.2) is 47.5 Å². The van der Waals surface area contributed by atoms with Gasteiger partial charge in [0.15, 0.2) is 0 Å². The van der Waals surface area contributed by atoms with Crippen molar-refractivity contribution in [3.63, 3.8) is 0 Å². The van der Waals surface area contributed by atoms with E-state index < -0.39 is 6.10 Å². The minimum atomic E-state index is -0.676. The molecule has 0 aliphatic heterocycles. The second-order valence-electron chi connectivity index (χ2n) is 5.78. The minimum absolute atomic E-state index is 0.0572. The highest BCUT2D eigenvalue weighted by molar-refractivity contribution is 5.57. The largest absolute Gasteiger partial charge is 0.506 e. The second kappa shape index (κ2) is 8.47. The van der Waals surface area contributed by atoms with Gasteiger partial charge in [-0.2, -0.15) is 0 Å². The zero-order chi connectivity index (χ0) is 17.5. The number of methoxy groups -OCH3 is 1. The fourth-order valence-electron chi connectivity index (χ4n) is 2.49. The monoisotopic (exact) mass is 328 g/mol. The van der Waals surface area contributed by atoms with Gasteiger partial charge in [0, 0.05) is 12.6 Å². The van der Waals surface area contributed by atoms with Gasteiger partial charge in [0.05, 0.1) is 13.2 Å². The second-order valence-corrected chi connectivity index (χ2v) is 5.78. The van der Waals surface area contributed by atoms with E-state index in [1.54, 1.807) is 19.2 Å². The third-order valence-electron chi connectivity index (χ3n) is 3.92. The first-order valence-electron chi connectivity index (χ1n) is 7.87. The number of rotatable bonds is 8. The average molecular weight is 328 g/mol. The number of nitrogens with one attached hydrogen (secondary N) is 1. The van der Waals surface area contributed by atoms with Gasteiger partial charge in [-0.3, -0.25) is 4.99 Å². The minimum Gasteiger partial charge on any atom is -0.506 e. The summed E-state index contributed by atoms with van der Waals surface area (Å²) in [7, 11) is 1.65. The molecule has 0 unspecified atom stereocenters. The summed E-state index contributed by atoms with van der Waals surface area (Å²) < 4.78 is 5.15. The van der Waals surface area contributed by atoms with E-state index in [9.17, 15) is 10.2 Å². The van der Waals surface area contributed by atoms with Crippen molar-refractivity contribution in [1.82, 2.24) is 5.32 Å². The molecule has 5 heteroatoms. The van der Waals surface area contributed by atoms with Crippen molar-refractivity contribution in [3.05, 3.63) is 53.6 Å². The molecule has 0 bridgehead atoms. The van der Waals surface area contributed by atoms with Gasteiger partial charge >= 0.3 is 0 Å². The fraction of sp³-hybridized carbons (Fsp3) is 0.316. The van der Waals surface area contributed by atoms with Gasteiger partial charge in [0.2, 0.25) is 0 Å². The highest BCUT2D eigenvalue weighted by atomic mass is 16.5. The maximum absolute atomic E-state index is 10.3. The van der Waals surface area contributed by atoms with Crippen molar-refractivity contribution in [2.24, 2.45) is 4.99 Å². The molecule has 5 nitrogen and oxygen atoms in total. The van der Waals surface area contributed by atoms with Crippen LogP contribution in [-0.4, -0.2) is 36.6 Å². The summed E-state index contributed by atoms with van der Waals surface area (Å²) in [6.45, 7) is 5.90. The van der Waals surface area contributed by atoms with Crippen molar-refractivity contribution >= 4 is 12.4 Å². The van der Waals surface area contributed by atoms with E-state index in [1.807, 2.05) is 24.3 Å². The van der Waals surface area contributed by atoms with E-state index in [0.29, 0.717) is 17.8 Å². The molecule has 0 heterocycles. The van der Waals surface area contributed by atoms with Gasteiger partial charge in [-0.1, -0.05) is 18.2 Å². The standard InChI is InChI=1S/C19H24N2O3/c1-13(10-14-4-7-16(24-3)8-5-14)21-12-19(23)15-6-9-18(22)17(11-15)20-2/h4-9,11,13,19,21-23H,2,10,12H2,1,3H3/t13-,19+/m1/s1. The molecule has 2 atom stereocenters. The molecular weight excluding hydrogens is 304 g/mol. The van der Waals surface area contributed by atoms with Crippen LogP contribution >= 0.6 is 0 Å². The number of ether oxygens (including phenoxy) is 1. The number of hydrogen-bond acceptors (Lipinski definition) is 5. The van der Waals surface area contributed by atoms with Crippen LogP contribution in [0.4, 0.5) is 5.69 Å². The van der Waals surface area contributed by atoms with E-state index in [-0.39, 0.29) is 11.8 Å². The lowest BCUT2D eigenvalue weighted by Crippen LogP contribution is -2.32. The van der Waals surface area contributed by atoms with E-state index in [0.717, 1.165) is 12.2 Å². The molecular formula is C19H24N2O3. The molecule has 0 amide bonds. The smallest absolute Gasteiger partial charge is 0.141 e. The van der Waals surface area contributed by atoms with E-state index in [4.69, 9.17) is 4.74 Å². The number of aromatic hydroxyl groups is 1. The van der Waals surface area contributed by atoms with Crippen molar-refractivity contribution < 1.29 is 14.9 Å². The summed E-state index contributed by atoms with van der Waals surface area (Å²) in [5, 5.41) is 23.2. The van der Waals surface area contributed by atoms with Crippen molar-refractivity contribution in [2.75, 3.05) is 13.7 Å². The Morgan fingerprint density at radius 3 is 2.54 bits per heavy atom. The van der Waals surface area contributed by atoms with Gasteiger partial charge in [-0.05, 0) is 55.5 Å². The highest BCUT2D eigenvalue weighted by Gasteiger charge is 2.12. The number of aliphatic hydroxyl groups excluding tert-OH is 1. The van der Waals surface area contributed by atoms with E-state index in [2.05, 4.69) is 24.0 Å². The van der Waals surface area contributed by atoms with Gasteiger partial charge in [-0.25, -0.2) is 0 Å². The number of hydrogen-bond donors (Lipinski definition) is 3. The lowest BCUT2D eigenvalue weighted by atomic mass is 10.1. The highest BCUT2D eigenvalue weighted by Crippen LogP contribution is 2.29. The quantitative estimate of drug-likeness (QED) is 0.651. The Bertz CT molecular complexity index is 671. The van der Waals surface area contributed by atoms with E-state index in [1.165, 1.54) is 11.6 Å². The summed E-state index contributed by atoms with van der Waals surface area (Å²) in [6, 6.07) is 13.0. The first-order chi connectivity index (χ1) is 11.5. The first-order valence-corrected chi connectivity index (χ1v) is 7.87. The molecule has 0 saturated heterocycles. The average Bonchev–Trinajstić information content (AvgIpc) is 2.60. The summed E-state index contributed by atoms with van der Waals surface area (Å²) in [5.41, 5.74) is 2.27. The Hall–Kier alpha value is -2.37. The van der Waals surface area contributed by atoms with Gasteiger partial charge in [0.25, 0.3) is 0 Å². The molecule has 0 aromatic heterocycles. The van der Waals surface area contributed by atoms with Crippen molar-refractivity contribution in [3.8, 4) is 11.5 Å². The van der Waals surface area contributed by atoms with Crippen molar-refractivity contribution in [1.29, 1.82) is 0 Å².